The molecule has 0 aromatic heterocycles. The van der Waals surface area contributed by atoms with Crippen LogP contribution in [0.3, 0.4) is 0 Å². The first kappa shape index (κ1) is 21.4. The molecule has 152 valence electrons. The Kier molecular flexibility index (Phi) is 7.14. The van der Waals surface area contributed by atoms with Crippen molar-refractivity contribution in [3.63, 3.8) is 0 Å². The first-order valence-electron chi connectivity index (χ1n) is 8.50. The maximum absolute atomic E-state index is 13.0. The molecular weight excluding hydrogens is 375 g/mol. The van der Waals surface area contributed by atoms with Crippen LogP contribution in [-0.2, 0) is 23.9 Å². The van der Waals surface area contributed by atoms with E-state index >= 15 is 0 Å². The summed E-state index contributed by atoms with van der Waals surface area (Å²) in [5.74, 6) is 1.03. The second-order valence-corrected chi connectivity index (χ2v) is 5.97. The van der Waals surface area contributed by atoms with Gasteiger partial charge in [0.15, 0.2) is 11.5 Å². The zero-order valence-electron chi connectivity index (χ0n) is 15.9. The highest BCUT2D eigenvalue weighted by Crippen LogP contribution is 2.38. The highest BCUT2D eigenvalue weighted by Gasteiger charge is 2.32. The Morgan fingerprint density at radius 1 is 1.00 bits per heavy atom. The Morgan fingerprint density at radius 2 is 1.61 bits per heavy atom. The van der Waals surface area contributed by atoms with Gasteiger partial charge in [-0.15, -0.1) is 0 Å². The molecule has 5 nitrogen and oxygen atoms in total. The van der Waals surface area contributed by atoms with Crippen LogP contribution in [0, 0.1) is 0 Å². The highest BCUT2D eigenvalue weighted by atomic mass is 19.4. The Labute approximate surface area is 161 Å². The third-order valence-electron chi connectivity index (χ3n) is 4.16. The quantitative estimate of drug-likeness (QED) is 0.732. The molecule has 0 atom stereocenters. The van der Waals surface area contributed by atoms with Crippen molar-refractivity contribution in [2.45, 2.75) is 25.6 Å². The van der Waals surface area contributed by atoms with Gasteiger partial charge in [-0.2, -0.15) is 13.2 Å². The molecule has 0 saturated heterocycles. The van der Waals surface area contributed by atoms with E-state index in [0.29, 0.717) is 23.7 Å². The molecule has 1 amide bonds. The van der Waals surface area contributed by atoms with Crippen LogP contribution in [0.15, 0.2) is 36.4 Å². The minimum Gasteiger partial charge on any atom is -0.493 e. The topological polar surface area (TPSA) is 56.8 Å². The number of benzene rings is 2. The molecular formula is C20H22F3NO4. The summed E-state index contributed by atoms with van der Waals surface area (Å²) in [5, 5.41) is 2.54. The monoisotopic (exact) mass is 397 g/mol. The first-order chi connectivity index (χ1) is 13.3. The lowest BCUT2D eigenvalue weighted by Gasteiger charge is -2.15. The molecule has 2 aromatic rings. The van der Waals surface area contributed by atoms with Gasteiger partial charge in [0.25, 0.3) is 0 Å². The van der Waals surface area contributed by atoms with Gasteiger partial charge in [-0.25, -0.2) is 0 Å². The van der Waals surface area contributed by atoms with E-state index in [2.05, 4.69) is 5.32 Å². The molecule has 0 spiro atoms. The van der Waals surface area contributed by atoms with Crippen molar-refractivity contribution in [1.82, 2.24) is 5.32 Å². The molecule has 0 heterocycles. The zero-order chi connectivity index (χ0) is 20.7. The van der Waals surface area contributed by atoms with Crippen LogP contribution < -0.4 is 19.5 Å². The van der Waals surface area contributed by atoms with Gasteiger partial charge in [-0.05, 0) is 35.7 Å². The number of rotatable bonds is 8. The van der Waals surface area contributed by atoms with E-state index in [1.54, 1.807) is 12.1 Å². The number of nitrogens with one attached hydrogen (secondary N) is 1. The van der Waals surface area contributed by atoms with E-state index < -0.39 is 11.7 Å². The third kappa shape index (κ3) is 5.31. The van der Waals surface area contributed by atoms with Crippen LogP contribution in [-0.4, -0.2) is 27.2 Å². The van der Waals surface area contributed by atoms with E-state index in [1.165, 1.54) is 39.5 Å². The largest absolute Gasteiger partial charge is 0.493 e. The standard InChI is InChI=1S/C20H22F3NO4/c1-26-16-10-13(11-17(27-2)19(16)28-3)8-9-18(25)24-12-14-6-4-5-7-15(14)20(21,22)23/h4-7,10-11H,8-9,12H2,1-3H3,(H,24,25). The Morgan fingerprint density at radius 3 is 2.14 bits per heavy atom. The minimum atomic E-state index is -4.46. The zero-order valence-corrected chi connectivity index (χ0v) is 15.9. The number of methoxy groups -OCH3 is 3. The van der Waals surface area contributed by atoms with E-state index in [1.807, 2.05) is 0 Å². The average Bonchev–Trinajstić information content (AvgIpc) is 2.69. The van der Waals surface area contributed by atoms with Gasteiger partial charge < -0.3 is 19.5 Å². The molecule has 8 heteroatoms. The van der Waals surface area contributed by atoms with Crippen LogP contribution >= 0.6 is 0 Å². The predicted molar refractivity (Wildman–Crippen MR) is 97.7 cm³/mol. The third-order valence-corrected chi connectivity index (χ3v) is 4.16. The van der Waals surface area contributed by atoms with Crippen molar-refractivity contribution in [2.24, 2.45) is 0 Å². The Balaban J connectivity index is 2.00. The smallest absolute Gasteiger partial charge is 0.416 e. The van der Waals surface area contributed by atoms with Crippen molar-refractivity contribution in [1.29, 1.82) is 0 Å². The van der Waals surface area contributed by atoms with Gasteiger partial charge >= 0.3 is 6.18 Å². The van der Waals surface area contributed by atoms with E-state index in [4.69, 9.17) is 14.2 Å². The number of alkyl halides is 3. The normalized spacial score (nSPS) is 11.1. The molecule has 0 radical (unpaired) electrons. The van der Waals surface area contributed by atoms with Crippen LogP contribution in [0.25, 0.3) is 0 Å². The van der Waals surface area contributed by atoms with Crippen molar-refractivity contribution in [2.75, 3.05) is 21.3 Å². The summed E-state index contributed by atoms with van der Waals surface area (Å²) in [6, 6.07) is 8.63. The number of ether oxygens (including phenoxy) is 3. The number of hydrogen-bond donors (Lipinski definition) is 1. The molecule has 0 aliphatic heterocycles. The van der Waals surface area contributed by atoms with Crippen LogP contribution in [0.1, 0.15) is 23.1 Å². The van der Waals surface area contributed by atoms with Crippen molar-refractivity contribution >= 4 is 5.91 Å². The van der Waals surface area contributed by atoms with Gasteiger partial charge in [-0.3, -0.25) is 4.79 Å². The number of aryl methyl sites for hydroxylation is 1. The lowest BCUT2D eigenvalue weighted by Crippen LogP contribution is -2.24. The molecule has 0 aliphatic carbocycles. The molecule has 2 rings (SSSR count). The fourth-order valence-corrected chi connectivity index (χ4v) is 2.77. The number of halogens is 3. The SMILES string of the molecule is COc1cc(CCC(=O)NCc2ccccc2C(F)(F)F)cc(OC)c1OC. The van der Waals surface area contributed by atoms with Gasteiger partial charge in [0.05, 0.1) is 26.9 Å². The number of hydrogen-bond acceptors (Lipinski definition) is 4. The van der Waals surface area contributed by atoms with Crippen LogP contribution in [0.2, 0.25) is 0 Å². The summed E-state index contributed by atoms with van der Waals surface area (Å²) < 4.78 is 54.8. The molecule has 0 fully saturated rings. The van der Waals surface area contributed by atoms with Gasteiger partial charge in [-0.1, -0.05) is 18.2 Å². The fraction of sp³-hybridized carbons (Fsp3) is 0.350. The van der Waals surface area contributed by atoms with Crippen LogP contribution in [0.5, 0.6) is 17.2 Å². The number of amides is 1. The van der Waals surface area contributed by atoms with Crippen molar-refractivity contribution in [3.05, 3.63) is 53.1 Å². The lowest BCUT2D eigenvalue weighted by atomic mass is 10.1. The summed E-state index contributed by atoms with van der Waals surface area (Å²) >= 11 is 0. The molecule has 0 saturated carbocycles. The maximum atomic E-state index is 13.0. The Bertz CT molecular complexity index is 796. The van der Waals surface area contributed by atoms with Gasteiger partial charge in [0.2, 0.25) is 11.7 Å². The highest BCUT2D eigenvalue weighted by molar-refractivity contribution is 5.76. The molecule has 2 aromatic carbocycles. The fourth-order valence-electron chi connectivity index (χ4n) is 2.77. The lowest BCUT2D eigenvalue weighted by molar-refractivity contribution is -0.138. The molecule has 0 unspecified atom stereocenters. The van der Waals surface area contributed by atoms with Crippen molar-refractivity contribution < 1.29 is 32.2 Å². The van der Waals surface area contributed by atoms with Crippen molar-refractivity contribution in [3.8, 4) is 17.2 Å². The molecule has 0 aliphatic rings. The summed E-state index contributed by atoms with van der Waals surface area (Å²) in [4.78, 5) is 12.1. The molecule has 0 bridgehead atoms. The van der Waals surface area contributed by atoms with Gasteiger partial charge in [0.1, 0.15) is 0 Å². The second-order valence-electron chi connectivity index (χ2n) is 5.97. The van der Waals surface area contributed by atoms with Gasteiger partial charge in [0, 0.05) is 13.0 Å². The maximum Gasteiger partial charge on any atom is 0.416 e. The first-order valence-corrected chi connectivity index (χ1v) is 8.50. The average molecular weight is 397 g/mol. The predicted octanol–water partition coefficient (Wildman–Crippen LogP) is 3.98. The number of carbonyl (C=O) groups is 1. The second kappa shape index (κ2) is 9.34. The number of carbonyl (C=O) groups excluding carboxylic acids is 1. The minimum absolute atomic E-state index is 0.0242. The summed E-state index contributed by atoms with van der Waals surface area (Å²) in [6.07, 6.45) is -3.99. The Hall–Kier alpha value is -2.90. The molecule has 1 N–H and O–H groups in total. The van der Waals surface area contributed by atoms with Crippen LogP contribution in [0.4, 0.5) is 13.2 Å². The molecule has 28 heavy (non-hydrogen) atoms. The summed E-state index contributed by atoms with van der Waals surface area (Å²) in [7, 11) is 4.48. The van der Waals surface area contributed by atoms with E-state index in [0.717, 1.165) is 11.6 Å². The van der Waals surface area contributed by atoms with E-state index in [9.17, 15) is 18.0 Å². The summed E-state index contributed by atoms with van der Waals surface area (Å²) in [6.45, 7) is -0.191. The van der Waals surface area contributed by atoms with E-state index in [-0.39, 0.29) is 24.4 Å². The summed E-state index contributed by atoms with van der Waals surface area (Å²) in [5.41, 5.74) is 0.0522.